The number of ether oxygens (including phenoxy) is 1. The summed E-state index contributed by atoms with van der Waals surface area (Å²) in [5, 5.41) is 15.7. The van der Waals surface area contributed by atoms with E-state index in [0.29, 0.717) is 12.0 Å². The number of carbonyl (C=O) groups excluding carboxylic acids is 4. The van der Waals surface area contributed by atoms with Gasteiger partial charge in [-0.1, -0.05) is 64.5 Å². The van der Waals surface area contributed by atoms with Gasteiger partial charge in [-0.2, -0.15) is 0 Å². The topological polar surface area (TPSA) is 151 Å². The fraction of sp³-hybridized carbons (Fsp3) is 0.667. The summed E-state index contributed by atoms with van der Waals surface area (Å²) in [6.45, 7) is 11.3. The van der Waals surface area contributed by atoms with Gasteiger partial charge in [-0.25, -0.2) is 4.79 Å². The van der Waals surface area contributed by atoms with Gasteiger partial charge in [0.05, 0.1) is 6.42 Å². The fourth-order valence-corrected chi connectivity index (χ4v) is 4.47. The van der Waals surface area contributed by atoms with Gasteiger partial charge in [0.25, 0.3) is 0 Å². The summed E-state index contributed by atoms with van der Waals surface area (Å²) in [5.74, 6) is -1.89. The first-order valence-corrected chi connectivity index (χ1v) is 14.5. The lowest BCUT2D eigenvalue weighted by Gasteiger charge is -2.35. The van der Waals surface area contributed by atoms with Crippen molar-refractivity contribution in [2.45, 2.75) is 123 Å². The molecule has 0 aliphatic heterocycles. The molecule has 10 nitrogen and oxygen atoms in total. The Morgan fingerprint density at radius 1 is 1.00 bits per heavy atom. The van der Waals surface area contributed by atoms with E-state index in [1.807, 2.05) is 13.8 Å². The Morgan fingerprint density at radius 2 is 1.65 bits per heavy atom. The first-order chi connectivity index (χ1) is 18.8. The van der Waals surface area contributed by atoms with Crippen molar-refractivity contribution in [3.63, 3.8) is 0 Å². The Balaban J connectivity index is 3.47. The summed E-state index contributed by atoms with van der Waals surface area (Å²) in [6.07, 6.45) is 5.98. The van der Waals surface area contributed by atoms with E-state index in [9.17, 15) is 24.3 Å². The van der Waals surface area contributed by atoms with Crippen LogP contribution in [-0.4, -0.2) is 58.1 Å². The van der Waals surface area contributed by atoms with Crippen molar-refractivity contribution in [3.05, 3.63) is 29.8 Å². The molecule has 0 spiro atoms. The van der Waals surface area contributed by atoms with E-state index in [4.69, 9.17) is 10.5 Å². The second kappa shape index (κ2) is 17.4. The van der Waals surface area contributed by atoms with Crippen LogP contribution in [0.5, 0.6) is 5.75 Å². The van der Waals surface area contributed by atoms with Crippen molar-refractivity contribution in [2.75, 3.05) is 6.54 Å². The van der Waals surface area contributed by atoms with Gasteiger partial charge in [-0.3, -0.25) is 14.4 Å². The molecule has 1 rings (SSSR count). The third-order valence-electron chi connectivity index (χ3n) is 6.29. The van der Waals surface area contributed by atoms with Gasteiger partial charge < -0.3 is 31.1 Å². The van der Waals surface area contributed by atoms with E-state index >= 15 is 0 Å². The van der Waals surface area contributed by atoms with Crippen molar-refractivity contribution < 1.29 is 29.0 Å². The predicted octanol–water partition coefficient (Wildman–Crippen LogP) is 4.70. The van der Waals surface area contributed by atoms with Gasteiger partial charge in [-0.05, 0) is 58.2 Å². The number of primary amides is 1. The maximum absolute atomic E-state index is 14.1. The van der Waals surface area contributed by atoms with Gasteiger partial charge >= 0.3 is 6.09 Å². The Hall–Kier alpha value is -3.30. The molecule has 10 heteroatoms. The quantitative estimate of drug-likeness (QED) is 0.202. The Bertz CT molecular complexity index is 962. The van der Waals surface area contributed by atoms with Crippen LogP contribution < -0.4 is 16.4 Å². The number of hydrogen-bond donors (Lipinski definition) is 4. The summed E-state index contributed by atoms with van der Waals surface area (Å²) in [7, 11) is 0. The first kappa shape index (κ1) is 34.7. The number of phenols is 1. The second-order valence-electron chi connectivity index (χ2n) is 11.4. The van der Waals surface area contributed by atoms with Gasteiger partial charge in [0, 0.05) is 12.6 Å². The van der Waals surface area contributed by atoms with E-state index in [-0.39, 0.29) is 18.3 Å². The molecule has 3 unspecified atom stereocenters. The van der Waals surface area contributed by atoms with Gasteiger partial charge in [-0.15, -0.1) is 0 Å². The zero-order chi connectivity index (χ0) is 30.3. The van der Waals surface area contributed by atoms with Crippen molar-refractivity contribution in [1.29, 1.82) is 0 Å². The lowest BCUT2D eigenvalue weighted by atomic mass is 10.00. The number of benzene rings is 1. The number of rotatable bonds is 17. The SMILES string of the molecule is CCCCCCCCN(C(=O)C(CC(N)=O)NC(=O)OC(C)(C)C)C(C(=O)NC(C)CCC)c1cccc(O)c1. The van der Waals surface area contributed by atoms with Crippen LogP contribution in [0.25, 0.3) is 0 Å². The molecule has 1 aromatic carbocycles. The minimum Gasteiger partial charge on any atom is -0.508 e. The molecule has 0 aromatic heterocycles. The molecule has 0 aliphatic rings. The number of amides is 4. The molecule has 0 aliphatic carbocycles. The average molecular weight is 563 g/mol. The third-order valence-corrected chi connectivity index (χ3v) is 6.29. The molecule has 40 heavy (non-hydrogen) atoms. The fourth-order valence-electron chi connectivity index (χ4n) is 4.47. The number of carbonyl (C=O) groups is 4. The number of alkyl carbamates (subject to hydrolysis) is 1. The summed E-state index contributed by atoms with van der Waals surface area (Å²) in [4.78, 5) is 53.7. The van der Waals surface area contributed by atoms with Crippen LogP contribution in [-0.2, 0) is 19.1 Å². The van der Waals surface area contributed by atoms with Gasteiger partial charge in [0.15, 0.2) is 0 Å². The highest BCUT2D eigenvalue weighted by molar-refractivity contribution is 5.94. The molecule has 0 radical (unpaired) electrons. The van der Waals surface area contributed by atoms with Crippen molar-refractivity contribution in [1.82, 2.24) is 15.5 Å². The Labute approximate surface area is 239 Å². The van der Waals surface area contributed by atoms with E-state index in [1.165, 1.54) is 17.0 Å². The number of nitrogens with two attached hydrogens (primary N) is 1. The monoisotopic (exact) mass is 562 g/mol. The Morgan fingerprint density at radius 3 is 2.23 bits per heavy atom. The van der Waals surface area contributed by atoms with Crippen LogP contribution in [0.2, 0.25) is 0 Å². The Kier molecular flexibility index (Phi) is 15.1. The summed E-state index contributed by atoms with van der Waals surface area (Å²) < 4.78 is 5.32. The van der Waals surface area contributed by atoms with Crippen LogP contribution in [0.4, 0.5) is 4.79 Å². The molecule has 0 saturated heterocycles. The van der Waals surface area contributed by atoms with Crippen LogP contribution in [0, 0.1) is 0 Å². The van der Waals surface area contributed by atoms with E-state index < -0.39 is 47.9 Å². The minimum atomic E-state index is -1.34. The molecule has 0 heterocycles. The molecule has 4 amide bonds. The maximum atomic E-state index is 14.1. The van der Waals surface area contributed by atoms with E-state index in [1.54, 1.807) is 32.9 Å². The maximum Gasteiger partial charge on any atom is 0.408 e. The molecule has 5 N–H and O–H groups in total. The summed E-state index contributed by atoms with van der Waals surface area (Å²) >= 11 is 0. The number of aromatic hydroxyl groups is 1. The standard InChI is InChI=1S/C30H50N4O6/c1-7-9-10-11-12-13-18-34(28(38)24(20-25(31)36)33-29(39)40-30(4,5)6)26(22-16-14-17-23(35)19-22)27(37)32-21(3)15-8-2/h14,16-17,19,21,24,26,35H,7-13,15,18,20H2,1-6H3,(H2,31,36)(H,32,37)(H,33,39). The average Bonchev–Trinajstić information content (AvgIpc) is 2.83. The molecule has 0 bridgehead atoms. The van der Waals surface area contributed by atoms with E-state index in [2.05, 4.69) is 17.6 Å². The predicted molar refractivity (Wildman–Crippen MR) is 155 cm³/mol. The van der Waals surface area contributed by atoms with Crippen LogP contribution in [0.1, 0.15) is 111 Å². The van der Waals surface area contributed by atoms with Gasteiger partial charge in [0.2, 0.25) is 17.7 Å². The molecule has 1 aromatic rings. The number of phenolic OH excluding ortho intramolecular Hbond substituents is 1. The highest BCUT2D eigenvalue weighted by atomic mass is 16.6. The molecule has 226 valence electrons. The summed E-state index contributed by atoms with van der Waals surface area (Å²) in [6, 6.07) is 3.61. The number of nitrogens with one attached hydrogen (secondary N) is 2. The molecule has 0 fully saturated rings. The van der Waals surface area contributed by atoms with Crippen LogP contribution >= 0.6 is 0 Å². The number of hydrogen-bond acceptors (Lipinski definition) is 6. The second-order valence-corrected chi connectivity index (χ2v) is 11.4. The highest BCUT2D eigenvalue weighted by Crippen LogP contribution is 2.27. The molecular formula is C30H50N4O6. The van der Waals surface area contributed by atoms with Crippen molar-refractivity contribution in [2.24, 2.45) is 5.73 Å². The number of unbranched alkanes of at least 4 members (excludes halogenated alkanes) is 5. The van der Waals surface area contributed by atoms with Crippen LogP contribution in [0.15, 0.2) is 24.3 Å². The van der Waals surface area contributed by atoms with Crippen LogP contribution in [0.3, 0.4) is 0 Å². The van der Waals surface area contributed by atoms with Crippen molar-refractivity contribution >= 4 is 23.8 Å². The van der Waals surface area contributed by atoms with Crippen molar-refractivity contribution in [3.8, 4) is 5.75 Å². The smallest absolute Gasteiger partial charge is 0.408 e. The largest absolute Gasteiger partial charge is 0.508 e. The third kappa shape index (κ3) is 13.2. The zero-order valence-electron chi connectivity index (χ0n) is 25.1. The normalized spacial score (nSPS) is 13.6. The highest BCUT2D eigenvalue weighted by Gasteiger charge is 2.37. The first-order valence-electron chi connectivity index (χ1n) is 14.5. The zero-order valence-corrected chi connectivity index (χ0v) is 25.1. The number of nitrogens with zero attached hydrogens (tertiary/aromatic N) is 1. The molecule has 0 saturated carbocycles. The van der Waals surface area contributed by atoms with Gasteiger partial charge in [0.1, 0.15) is 23.4 Å². The summed E-state index contributed by atoms with van der Waals surface area (Å²) in [5.41, 5.74) is 5.04. The molecule has 3 atom stereocenters. The lowest BCUT2D eigenvalue weighted by molar-refractivity contribution is -0.143. The molecular weight excluding hydrogens is 512 g/mol. The lowest BCUT2D eigenvalue weighted by Crippen LogP contribution is -2.54. The van der Waals surface area contributed by atoms with E-state index in [0.717, 1.165) is 44.9 Å². The minimum absolute atomic E-state index is 0.0514.